The van der Waals surface area contributed by atoms with Crippen LogP contribution in [0, 0.1) is 11.8 Å². The molecule has 0 saturated carbocycles. The Morgan fingerprint density at radius 3 is 2.29 bits per heavy atom. The topological polar surface area (TPSA) is 189 Å². The number of amides is 1. The van der Waals surface area contributed by atoms with Gasteiger partial charge in [0.05, 0.1) is 55.2 Å². The van der Waals surface area contributed by atoms with Gasteiger partial charge in [-0.15, -0.1) is 0 Å². The largest absolute Gasteiger partial charge is 0.497 e. The molecule has 1 amide bonds. The summed E-state index contributed by atoms with van der Waals surface area (Å²) in [6.07, 6.45) is -3.65. The second-order valence-electron chi connectivity index (χ2n) is 14.9. The van der Waals surface area contributed by atoms with Crippen LogP contribution in [0.1, 0.15) is 39.7 Å². The number of ether oxygens (including phenoxy) is 5. The fraction of sp³-hybridized carbons (Fsp3) is 0.512. The van der Waals surface area contributed by atoms with E-state index in [-0.39, 0.29) is 60.6 Å². The quantitative estimate of drug-likeness (QED) is 0.112. The highest BCUT2D eigenvalue weighted by atomic mass is 32.2. The molecule has 2 saturated heterocycles. The number of hydrogen-bond acceptors (Lipinski definition) is 14. The molecule has 2 aliphatic rings. The maximum absolute atomic E-state index is 14.3. The first-order chi connectivity index (χ1) is 28.1. The van der Waals surface area contributed by atoms with Gasteiger partial charge in [0.1, 0.15) is 17.6 Å². The van der Waals surface area contributed by atoms with Crippen molar-refractivity contribution in [3.63, 3.8) is 0 Å². The van der Waals surface area contributed by atoms with Crippen molar-refractivity contribution in [3.8, 4) is 11.5 Å². The number of aliphatic hydroxyl groups excluding tert-OH is 1. The number of para-hydroxylation sites is 1. The smallest absolute Gasteiger partial charge is 0.411 e. The number of methoxy groups -OCH3 is 1. The third-order valence-electron chi connectivity index (χ3n) is 9.77. The minimum Gasteiger partial charge on any atom is -0.497 e. The van der Waals surface area contributed by atoms with Crippen molar-refractivity contribution < 1.29 is 60.4 Å². The molecular formula is C41H56N3O13PS. The first-order valence-corrected chi connectivity index (χ1v) is 22.6. The zero-order valence-electron chi connectivity index (χ0n) is 34.3. The lowest BCUT2D eigenvalue weighted by molar-refractivity contribution is -0.150. The van der Waals surface area contributed by atoms with Gasteiger partial charge in [-0.3, -0.25) is 9.42 Å². The van der Waals surface area contributed by atoms with E-state index < -0.39 is 60.3 Å². The van der Waals surface area contributed by atoms with Gasteiger partial charge in [-0.25, -0.2) is 22.6 Å². The lowest BCUT2D eigenvalue weighted by atomic mass is 10.0. The number of nitrogens with zero attached hydrogens (tertiary/aromatic N) is 2. The number of alkyl carbamates (subject to hydrolysis) is 1. The van der Waals surface area contributed by atoms with E-state index in [1.54, 1.807) is 80.7 Å². The van der Waals surface area contributed by atoms with Crippen molar-refractivity contribution in [2.24, 2.45) is 11.8 Å². The average molecular weight is 862 g/mol. The summed E-state index contributed by atoms with van der Waals surface area (Å²) < 4.78 is 82.2. The van der Waals surface area contributed by atoms with E-state index in [1.165, 1.54) is 30.5 Å². The number of fused-ring (bicyclic) bond motifs is 1. The summed E-state index contributed by atoms with van der Waals surface area (Å²) in [7, 11) is -4.91. The van der Waals surface area contributed by atoms with Gasteiger partial charge in [-0.1, -0.05) is 44.2 Å². The maximum atomic E-state index is 14.3. The van der Waals surface area contributed by atoms with Crippen molar-refractivity contribution in [2.45, 2.75) is 76.2 Å². The van der Waals surface area contributed by atoms with E-state index in [0.29, 0.717) is 25.3 Å². The van der Waals surface area contributed by atoms with Gasteiger partial charge in [0, 0.05) is 26.2 Å². The van der Waals surface area contributed by atoms with Gasteiger partial charge in [-0.2, -0.15) is 4.31 Å². The Morgan fingerprint density at radius 2 is 1.64 bits per heavy atom. The van der Waals surface area contributed by atoms with Crippen LogP contribution in [0.15, 0.2) is 83.8 Å². The predicted molar refractivity (Wildman–Crippen MR) is 218 cm³/mol. The first kappa shape index (κ1) is 46.0. The minimum absolute atomic E-state index is 0.0321. The summed E-state index contributed by atoms with van der Waals surface area (Å²) in [5.41, 5.74) is 0.760. The molecular weight excluding hydrogens is 805 g/mol. The van der Waals surface area contributed by atoms with Gasteiger partial charge in [-0.05, 0) is 87.3 Å². The molecule has 0 aromatic heterocycles. The van der Waals surface area contributed by atoms with E-state index in [2.05, 4.69) is 5.32 Å². The third-order valence-corrected chi connectivity index (χ3v) is 13.6. The first-order valence-electron chi connectivity index (χ1n) is 19.6. The summed E-state index contributed by atoms with van der Waals surface area (Å²) in [4.78, 5) is 27.7. The van der Waals surface area contributed by atoms with E-state index in [1.807, 2.05) is 18.7 Å². The van der Waals surface area contributed by atoms with Crippen molar-refractivity contribution >= 4 is 35.0 Å². The Kier molecular flexibility index (Phi) is 16.3. The van der Waals surface area contributed by atoms with Gasteiger partial charge < -0.3 is 38.6 Å². The molecule has 2 aliphatic heterocycles. The fourth-order valence-corrected chi connectivity index (χ4v) is 10.1. The molecule has 5 rings (SSSR count). The van der Waals surface area contributed by atoms with Crippen LogP contribution in [0.3, 0.4) is 0 Å². The number of esters is 1. The molecule has 16 nitrogen and oxygen atoms in total. The van der Waals surface area contributed by atoms with Crippen molar-refractivity contribution in [3.05, 3.63) is 84.4 Å². The van der Waals surface area contributed by atoms with Crippen LogP contribution in [-0.4, -0.2) is 119 Å². The highest BCUT2D eigenvalue weighted by molar-refractivity contribution is 7.89. The molecule has 3 aromatic carbocycles. The highest BCUT2D eigenvalue weighted by Gasteiger charge is 2.44. The van der Waals surface area contributed by atoms with Gasteiger partial charge in [0.15, 0.2) is 12.4 Å². The van der Waals surface area contributed by atoms with E-state index in [0.717, 1.165) is 5.56 Å². The maximum Gasteiger partial charge on any atom is 0.411 e. The number of carbonyl (C=O) groups excluding carboxylic acids is 2. The highest BCUT2D eigenvalue weighted by Crippen LogP contribution is 2.48. The number of likely N-dealkylation sites (N-methyl/N-ethyl adjacent to an activating group) is 1. The van der Waals surface area contributed by atoms with E-state index in [4.69, 9.17) is 32.7 Å². The van der Waals surface area contributed by atoms with Crippen molar-refractivity contribution in [2.75, 3.05) is 53.6 Å². The molecule has 7 atom stereocenters. The monoisotopic (exact) mass is 861 g/mol. The summed E-state index contributed by atoms with van der Waals surface area (Å²) >= 11 is 0. The molecule has 2 fully saturated rings. The Hall–Kier alpha value is -4.06. The van der Waals surface area contributed by atoms with Gasteiger partial charge in [0.2, 0.25) is 10.0 Å². The molecule has 59 heavy (non-hydrogen) atoms. The molecule has 18 heteroatoms. The second kappa shape index (κ2) is 21.0. The standard InChI is InChI=1S/C41H56N3O13PS/c1-7-52-39(46)29(4)56-58(48,57-32-11-9-8-10-12-32)33-17-13-30(14-18-33)24-43(5)25-36(42-41(47)55-38-27-54-40-35(38)21-22-53-40)37(45)26-44(23-28(2)3)59(49,50)34-19-15-31(51-6)16-20-34/h8-20,28-29,35-38,40,45H,7,21-27H2,1-6H3,(H,42,47)/t29-,35-,36-,37+,38-,40+,58?/m0/s1. The fourth-order valence-electron chi connectivity index (χ4n) is 6.81. The molecule has 2 heterocycles. The number of benzene rings is 3. The summed E-state index contributed by atoms with van der Waals surface area (Å²) in [5.74, 6) is -0.108. The molecule has 0 bridgehead atoms. The zero-order chi connectivity index (χ0) is 42.7. The summed E-state index contributed by atoms with van der Waals surface area (Å²) in [6.45, 7) is 7.78. The molecule has 0 spiro atoms. The van der Waals surface area contributed by atoms with E-state index >= 15 is 0 Å². The van der Waals surface area contributed by atoms with Crippen LogP contribution in [0.2, 0.25) is 0 Å². The Bertz CT molecular complexity index is 1970. The lowest BCUT2D eigenvalue weighted by Crippen LogP contribution is -2.54. The molecule has 0 radical (unpaired) electrons. The van der Waals surface area contributed by atoms with Crippen molar-refractivity contribution in [1.82, 2.24) is 14.5 Å². The lowest BCUT2D eigenvalue weighted by Gasteiger charge is -2.32. The normalized spacial score (nSPS) is 20.4. The van der Waals surface area contributed by atoms with Crippen LogP contribution >= 0.6 is 7.60 Å². The third kappa shape index (κ3) is 12.5. The zero-order valence-corrected chi connectivity index (χ0v) is 36.0. The Morgan fingerprint density at radius 1 is 0.949 bits per heavy atom. The molecule has 3 aromatic rings. The second-order valence-corrected chi connectivity index (χ2v) is 18.8. The summed E-state index contributed by atoms with van der Waals surface area (Å²) in [5, 5.41) is 14.8. The number of aliphatic hydroxyl groups is 1. The minimum atomic E-state index is -4.10. The summed E-state index contributed by atoms with van der Waals surface area (Å²) in [6, 6.07) is 20.1. The molecule has 324 valence electrons. The molecule has 0 aliphatic carbocycles. The number of hydrogen-bond donors (Lipinski definition) is 2. The van der Waals surface area contributed by atoms with Gasteiger partial charge in [0.25, 0.3) is 0 Å². The van der Waals surface area contributed by atoms with Crippen molar-refractivity contribution in [1.29, 1.82) is 0 Å². The van der Waals surface area contributed by atoms with Crippen LogP contribution in [-0.2, 0) is 49.4 Å². The number of rotatable bonds is 21. The molecule has 2 N–H and O–H groups in total. The van der Waals surface area contributed by atoms with Crippen LogP contribution in [0.25, 0.3) is 0 Å². The Balaban J connectivity index is 1.34. The Labute approximate surface area is 346 Å². The SMILES string of the molecule is CCOC(=O)[C@H](C)OP(=O)(Oc1ccccc1)c1ccc(CN(C)C[C@H](NC(=O)O[C@H]2CO[C@H]3OCC[C@H]32)[C@H](O)CN(CC(C)C)S(=O)(=O)c2ccc(OC)cc2)cc1. The number of sulfonamides is 1. The van der Waals surface area contributed by atoms with Gasteiger partial charge >= 0.3 is 19.7 Å². The average Bonchev–Trinajstić information content (AvgIpc) is 3.83. The van der Waals surface area contributed by atoms with Crippen LogP contribution in [0.5, 0.6) is 11.5 Å². The predicted octanol–water partition coefficient (Wildman–Crippen LogP) is 4.56. The van der Waals surface area contributed by atoms with E-state index in [9.17, 15) is 27.7 Å². The number of nitrogens with one attached hydrogen (secondary N) is 1. The van der Waals surface area contributed by atoms with Crippen LogP contribution < -0.4 is 19.9 Å². The van der Waals surface area contributed by atoms with Crippen LogP contribution in [0.4, 0.5) is 4.79 Å². The number of carbonyl (C=O) groups is 2. The molecule has 1 unspecified atom stereocenters.